The number of halogens is 1. The van der Waals surface area contributed by atoms with E-state index in [0.717, 1.165) is 22.6 Å². The van der Waals surface area contributed by atoms with Gasteiger partial charge in [-0.2, -0.15) is 0 Å². The normalized spacial score (nSPS) is 10.8. The molecule has 0 aliphatic heterocycles. The number of esters is 1. The van der Waals surface area contributed by atoms with Gasteiger partial charge in [-0.1, -0.05) is 18.2 Å². The van der Waals surface area contributed by atoms with Crippen LogP contribution in [-0.2, 0) is 22.6 Å². The molecule has 2 aromatic heterocycles. The van der Waals surface area contributed by atoms with Crippen LogP contribution in [-0.4, -0.2) is 15.4 Å². The number of pyridine rings is 1. The Hall–Kier alpha value is -2.69. The number of aromatic nitrogens is 2. The molecule has 0 bridgehead atoms. The first-order valence-electron chi connectivity index (χ1n) is 6.96. The first kappa shape index (κ1) is 14.3. The lowest BCUT2D eigenvalue weighted by Crippen LogP contribution is -2.09. The number of aryl methyl sites for hydroxylation is 1. The van der Waals surface area contributed by atoms with Crippen molar-refractivity contribution in [2.75, 3.05) is 0 Å². The Kier molecular flexibility index (Phi) is 3.87. The largest absolute Gasteiger partial charge is 0.459 e. The van der Waals surface area contributed by atoms with Crippen LogP contribution in [0.15, 0.2) is 48.7 Å². The number of nitrogens with zero attached hydrogens (tertiary/aromatic N) is 2. The lowest BCUT2D eigenvalue weighted by Gasteiger charge is -2.06. The predicted molar refractivity (Wildman–Crippen MR) is 79.8 cm³/mol. The SMILES string of the molecule is Cc1nc2ccccn2c1COC(=O)Cc1ccc(F)cc1. The summed E-state index contributed by atoms with van der Waals surface area (Å²) >= 11 is 0. The van der Waals surface area contributed by atoms with Gasteiger partial charge in [0.1, 0.15) is 18.1 Å². The van der Waals surface area contributed by atoms with Gasteiger partial charge >= 0.3 is 5.97 Å². The summed E-state index contributed by atoms with van der Waals surface area (Å²) in [5.41, 5.74) is 3.23. The van der Waals surface area contributed by atoms with Gasteiger partial charge in [-0.3, -0.25) is 4.79 Å². The molecule has 0 fully saturated rings. The molecule has 22 heavy (non-hydrogen) atoms. The second-order valence-corrected chi connectivity index (χ2v) is 5.04. The van der Waals surface area contributed by atoms with Crippen molar-refractivity contribution >= 4 is 11.6 Å². The van der Waals surface area contributed by atoms with Crippen molar-refractivity contribution in [1.29, 1.82) is 0 Å². The van der Waals surface area contributed by atoms with E-state index in [9.17, 15) is 9.18 Å². The molecule has 112 valence electrons. The predicted octanol–water partition coefficient (Wildman–Crippen LogP) is 3.07. The third kappa shape index (κ3) is 2.98. The summed E-state index contributed by atoms with van der Waals surface area (Å²) in [5.74, 6) is -0.671. The van der Waals surface area contributed by atoms with Gasteiger partial charge in [0, 0.05) is 6.20 Å². The van der Waals surface area contributed by atoms with E-state index in [1.807, 2.05) is 35.7 Å². The lowest BCUT2D eigenvalue weighted by atomic mass is 10.1. The van der Waals surface area contributed by atoms with Crippen molar-refractivity contribution < 1.29 is 13.9 Å². The highest BCUT2D eigenvalue weighted by Gasteiger charge is 2.11. The maximum absolute atomic E-state index is 12.8. The maximum atomic E-state index is 12.8. The van der Waals surface area contributed by atoms with E-state index >= 15 is 0 Å². The molecule has 0 amide bonds. The minimum atomic E-state index is -0.350. The quantitative estimate of drug-likeness (QED) is 0.695. The van der Waals surface area contributed by atoms with Crippen LogP contribution >= 0.6 is 0 Å². The number of hydrogen-bond donors (Lipinski definition) is 0. The number of hydrogen-bond acceptors (Lipinski definition) is 3. The molecule has 0 spiro atoms. The van der Waals surface area contributed by atoms with E-state index < -0.39 is 0 Å². The summed E-state index contributed by atoms with van der Waals surface area (Å²) in [5, 5.41) is 0. The third-order valence-corrected chi connectivity index (χ3v) is 3.46. The number of fused-ring (bicyclic) bond motifs is 1. The molecule has 3 rings (SSSR count). The van der Waals surface area contributed by atoms with Gasteiger partial charge in [0.15, 0.2) is 0 Å². The topological polar surface area (TPSA) is 43.6 Å². The van der Waals surface area contributed by atoms with Gasteiger partial charge < -0.3 is 9.14 Å². The van der Waals surface area contributed by atoms with E-state index in [-0.39, 0.29) is 24.8 Å². The summed E-state index contributed by atoms with van der Waals surface area (Å²) in [7, 11) is 0. The van der Waals surface area contributed by atoms with Gasteiger partial charge in [-0.15, -0.1) is 0 Å². The molecule has 0 atom stereocenters. The lowest BCUT2D eigenvalue weighted by molar-refractivity contribution is -0.144. The highest BCUT2D eigenvalue weighted by atomic mass is 19.1. The zero-order valence-electron chi connectivity index (χ0n) is 12.1. The van der Waals surface area contributed by atoms with Crippen LogP contribution in [0.5, 0.6) is 0 Å². The Morgan fingerprint density at radius 3 is 2.77 bits per heavy atom. The molecule has 1 aromatic carbocycles. The molecule has 0 aliphatic rings. The maximum Gasteiger partial charge on any atom is 0.310 e. The van der Waals surface area contributed by atoms with Crippen LogP contribution in [0.25, 0.3) is 5.65 Å². The van der Waals surface area contributed by atoms with Crippen molar-refractivity contribution in [2.45, 2.75) is 20.0 Å². The Morgan fingerprint density at radius 1 is 1.23 bits per heavy atom. The van der Waals surface area contributed by atoms with E-state index in [4.69, 9.17) is 4.74 Å². The number of carbonyl (C=O) groups is 1. The minimum absolute atomic E-state index is 0.121. The average Bonchev–Trinajstić information content (AvgIpc) is 2.83. The zero-order valence-corrected chi connectivity index (χ0v) is 12.1. The van der Waals surface area contributed by atoms with E-state index in [0.29, 0.717) is 0 Å². The molecule has 3 aromatic rings. The second kappa shape index (κ2) is 5.97. The van der Waals surface area contributed by atoms with Crippen LogP contribution in [0.2, 0.25) is 0 Å². The fraction of sp³-hybridized carbons (Fsp3) is 0.176. The summed E-state index contributed by atoms with van der Waals surface area (Å²) in [6, 6.07) is 11.5. The standard InChI is InChI=1S/C17H15FN2O2/c1-12-15(20-9-3-2-4-16(20)19-12)11-22-17(21)10-13-5-7-14(18)8-6-13/h2-9H,10-11H2,1H3. The molecule has 0 saturated heterocycles. The van der Waals surface area contributed by atoms with Gasteiger partial charge in [0.25, 0.3) is 0 Å². The van der Waals surface area contributed by atoms with Crippen molar-refractivity contribution in [3.63, 3.8) is 0 Å². The fourth-order valence-electron chi connectivity index (χ4n) is 2.31. The number of ether oxygens (including phenoxy) is 1. The monoisotopic (exact) mass is 298 g/mol. The highest BCUT2D eigenvalue weighted by molar-refractivity contribution is 5.72. The molecule has 2 heterocycles. The Bertz CT molecular complexity index is 809. The molecule has 0 saturated carbocycles. The van der Waals surface area contributed by atoms with Gasteiger partial charge in [-0.25, -0.2) is 9.37 Å². The van der Waals surface area contributed by atoms with Crippen molar-refractivity contribution in [2.24, 2.45) is 0 Å². The number of rotatable bonds is 4. The number of imidazole rings is 1. The molecule has 0 N–H and O–H groups in total. The second-order valence-electron chi connectivity index (χ2n) is 5.04. The van der Waals surface area contributed by atoms with E-state index in [1.54, 1.807) is 12.1 Å². The van der Waals surface area contributed by atoms with Crippen LogP contribution in [0.3, 0.4) is 0 Å². The first-order chi connectivity index (χ1) is 10.6. The smallest absolute Gasteiger partial charge is 0.310 e. The van der Waals surface area contributed by atoms with Crippen molar-refractivity contribution in [3.8, 4) is 0 Å². The van der Waals surface area contributed by atoms with Crippen molar-refractivity contribution in [3.05, 3.63) is 71.4 Å². The van der Waals surface area contributed by atoms with Gasteiger partial charge in [-0.05, 0) is 36.8 Å². The van der Waals surface area contributed by atoms with Gasteiger partial charge in [0.05, 0.1) is 17.8 Å². The average molecular weight is 298 g/mol. The molecule has 0 aliphatic carbocycles. The molecular formula is C17H15FN2O2. The third-order valence-electron chi connectivity index (χ3n) is 3.46. The molecule has 4 nitrogen and oxygen atoms in total. The zero-order chi connectivity index (χ0) is 15.5. The van der Waals surface area contributed by atoms with Crippen LogP contribution in [0, 0.1) is 12.7 Å². The summed E-state index contributed by atoms with van der Waals surface area (Å²) < 4.78 is 20.0. The van der Waals surface area contributed by atoms with E-state index in [1.165, 1.54) is 12.1 Å². The minimum Gasteiger partial charge on any atom is -0.459 e. The van der Waals surface area contributed by atoms with E-state index in [2.05, 4.69) is 4.98 Å². The summed E-state index contributed by atoms with van der Waals surface area (Å²) in [6.07, 6.45) is 2.01. The highest BCUT2D eigenvalue weighted by Crippen LogP contribution is 2.13. The number of carbonyl (C=O) groups excluding carboxylic acids is 1. The van der Waals surface area contributed by atoms with Crippen LogP contribution in [0.4, 0.5) is 4.39 Å². The first-order valence-corrected chi connectivity index (χ1v) is 6.96. The molecule has 0 radical (unpaired) electrons. The summed E-state index contributed by atoms with van der Waals surface area (Å²) in [6.45, 7) is 2.05. The van der Waals surface area contributed by atoms with Crippen LogP contribution < -0.4 is 0 Å². The Morgan fingerprint density at radius 2 is 2.00 bits per heavy atom. The molecule has 0 unspecified atom stereocenters. The Balaban J connectivity index is 1.67. The van der Waals surface area contributed by atoms with Gasteiger partial charge in [0.2, 0.25) is 0 Å². The fourth-order valence-corrected chi connectivity index (χ4v) is 2.31. The summed E-state index contributed by atoms with van der Waals surface area (Å²) in [4.78, 5) is 16.3. The van der Waals surface area contributed by atoms with Crippen molar-refractivity contribution in [1.82, 2.24) is 9.38 Å². The van der Waals surface area contributed by atoms with Crippen LogP contribution in [0.1, 0.15) is 17.0 Å². The Labute approximate surface area is 127 Å². The molecule has 5 heteroatoms. The molecular weight excluding hydrogens is 283 g/mol. The number of benzene rings is 1.